The van der Waals surface area contributed by atoms with Crippen LogP contribution >= 0.6 is 11.8 Å². The van der Waals surface area contributed by atoms with Gasteiger partial charge in [-0.1, -0.05) is 48.2 Å². The summed E-state index contributed by atoms with van der Waals surface area (Å²) in [5, 5.41) is 15.2. The molecule has 9 nitrogen and oxygen atoms in total. The SMILES string of the molecule is CSc1nc(NCc2ccccc2)c([N+](=O)[O-])c(Oc2cccc(C(=O)N(C)C)c2)n1. The molecule has 0 fully saturated rings. The summed E-state index contributed by atoms with van der Waals surface area (Å²) in [7, 11) is 3.28. The first kappa shape index (κ1) is 22.0. The first-order valence-corrected chi connectivity index (χ1v) is 10.5. The molecule has 0 bridgehead atoms. The number of thioether (sulfide) groups is 1. The van der Waals surface area contributed by atoms with E-state index < -0.39 is 4.92 Å². The summed E-state index contributed by atoms with van der Waals surface area (Å²) >= 11 is 1.24. The number of amides is 1. The van der Waals surface area contributed by atoms with Crippen molar-refractivity contribution >= 4 is 29.2 Å². The number of hydrogen-bond donors (Lipinski definition) is 1. The molecule has 1 aromatic heterocycles. The molecule has 2 aromatic carbocycles. The minimum atomic E-state index is -0.582. The zero-order valence-corrected chi connectivity index (χ0v) is 18.0. The molecule has 0 unspecified atom stereocenters. The van der Waals surface area contributed by atoms with Crippen molar-refractivity contribution < 1.29 is 14.5 Å². The predicted octanol–water partition coefficient (Wildman–Crippen LogP) is 4.21. The van der Waals surface area contributed by atoms with Crippen LogP contribution in [-0.2, 0) is 6.54 Å². The number of aromatic nitrogens is 2. The second-order valence-corrected chi connectivity index (χ2v) is 7.41. The van der Waals surface area contributed by atoms with E-state index in [0.29, 0.717) is 17.3 Å². The van der Waals surface area contributed by atoms with Gasteiger partial charge in [0.25, 0.3) is 5.91 Å². The Bertz CT molecular complexity index is 1090. The Morgan fingerprint density at radius 2 is 1.90 bits per heavy atom. The fourth-order valence-electron chi connectivity index (χ4n) is 2.71. The molecule has 0 saturated carbocycles. The second-order valence-electron chi connectivity index (χ2n) is 6.64. The van der Waals surface area contributed by atoms with Crippen molar-refractivity contribution in [1.29, 1.82) is 0 Å². The zero-order valence-electron chi connectivity index (χ0n) is 17.2. The Hall–Kier alpha value is -3.66. The molecular formula is C21H21N5O4S. The van der Waals surface area contributed by atoms with E-state index in [4.69, 9.17) is 4.74 Å². The van der Waals surface area contributed by atoms with E-state index in [9.17, 15) is 14.9 Å². The molecule has 1 heterocycles. The number of rotatable bonds is 8. The number of carbonyl (C=O) groups is 1. The number of nitrogens with one attached hydrogen (secondary N) is 1. The van der Waals surface area contributed by atoms with Gasteiger partial charge in [-0.3, -0.25) is 14.9 Å². The first-order chi connectivity index (χ1) is 14.9. The third-order valence-corrected chi connectivity index (χ3v) is 4.75. The van der Waals surface area contributed by atoms with Crippen LogP contribution in [-0.4, -0.2) is 46.0 Å². The fourth-order valence-corrected chi connectivity index (χ4v) is 3.07. The van der Waals surface area contributed by atoms with Gasteiger partial charge in [0.15, 0.2) is 5.16 Å². The number of hydrogen-bond acceptors (Lipinski definition) is 8. The lowest BCUT2D eigenvalue weighted by atomic mass is 10.2. The van der Waals surface area contributed by atoms with Crippen LogP contribution in [0.3, 0.4) is 0 Å². The highest BCUT2D eigenvalue weighted by molar-refractivity contribution is 7.98. The third kappa shape index (κ3) is 5.48. The summed E-state index contributed by atoms with van der Waals surface area (Å²) in [6, 6.07) is 15.9. The standard InChI is InChI=1S/C21H21N5O4S/c1-25(2)20(27)15-10-7-11-16(12-15)30-19-17(26(28)29)18(23-21(24-19)31-3)22-13-14-8-5-4-6-9-14/h4-12H,13H2,1-3H3,(H,22,23,24). The third-order valence-electron chi connectivity index (χ3n) is 4.20. The zero-order chi connectivity index (χ0) is 22.4. The lowest BCUT2D eigenvalue weighted by Crippen LogP contribution is -2.21. The maximum absolute atomic E-state index is 12.2. The highest BCUT2D eigenvalue weighted by atomic mass is 32.2. The second kappa shape index (κ2) is 9.90. The van der Waals surface area contributed by atoms with Crippen molar-refractivity contribution in [2.45, 2.75) is 11.7 Å². The van der Waals surface area contributed by atoms with Gasteiger partial charge in [-0.25, -0.2) is 0 Å². The highest BCUT2D eigenvalue weighted by Crippen LogP contribution is 2.36. The highest BCUT2D eigenvalue weighted by Gasteiger charge is 2.27. The Morgan fingerprint density at radius 1 is 1.16 bits per heavy atom. The number of nitro groups is 1. The smallest absolute Gasteiger partial charge is 0.373 e. The Balaban J connectivity index is 1.96. The number of nitrogens with zero attached hydrogens (tertiary/aromatic N) is 4. The minimum absolute atomic E-state index is 0.0590. The van der Waals surface area contributed by atoms with Gasteiger partial charge < -0.3 is 15.0 Å². The van der Waals surface area contributed by atoms with Crippen LogP contribution in [0.5, 0.6) is 11.6 Å². The molecule has 0 aliphatic rings. The van der Waals surface area contributed by atoms with Crippen LogP contribution in [0.1, 0.15) is 15.9 Å². The Labute approximate surface area is 183 Å². The van der Waals surface area contributed by atoms with Gasteiger partial charge >= 0.3 is 11.6 Å². The Morgan fingerprint density at radius 3 is 2.55 bits per heavy atom. The molecule has 0 radical (unpaired) electrons. The maximum Gasteiger partial charge on any atom is 0.373 e. The first-order valence-electron chi connectivity index (χ1n) is 9.27. The summed E-state index contributed by atoms with van der Waals surface area (Å²) in [6.07, 6.45) is 1.77. The molecule has 0 saturated heterocycles. The van der Waals surface area contributed by atoms with Crippen LogP contribution in [0.25, 0.3) is 0 Å². The van der Waals surface area contributed by atoms with Gasteiger partial charge in [0.1, 0.15) is 5.75 Å². The van der Waals surface area contributed by atoms with E-state index in [2.05, 4.69) is 15.3 Å². The lowest BCUT2D eigenvalue weighted by Gasteiger charge is -2.13. The summed E-state index contributed by atoms with van der Waals surface area (Å²) in [6.45, 7) is 0.346. The Kier molecular flexibility index (Phi) is 7.03. The van der Waals surface area contributed by atoms with Gasteiger partial charge in [-0.15, -0.1) is 0 Å². The number of carbonyl (C=O) groups excluding carboxylic acids is 1. The monoisotopic (exact) mass is 439 g/mol. The maximum atomic E-state index is 12.2. The predicted molar refractivity (Wildman–Crippen MR) is 119 cm³/mol. The summed E-state index contributed by atoms with van der Waals surface area (Å²) in [4.78, 5) is 33.4. The largest absolute Gasteiger partial charge is 0.433 e. The van der Waals surface area contributed by atoms with Crippen molar-refractivity contribution in [1.82, 2.24) is 14.9 Å². The molecule has 3 rings (SSSR count). The molecule has 0 spiro atoms. The van der Waals surface area contributed by atoms with Crippen LogP contribution in [0.15, 0.2) is 59.8 Å². The van der Waals surface area contributed by atoms with Crippen LogP contribution < -0.4 is 10.1 Å². The molecule has 0 aliphatic heterocycles. The van der Waals surface area contributed by atoms with Gasteiger partial charge in [0.2, 0.25) is 5.82 Å². The van der Waals surface area contributed by atoms with Gasteiger partial charge in [-0.2, -0.15) is 9.97 Å². The van der Waals surface area contributed by atoms with E-state index in [0.717, 1.165) is 5.56 Å². The van der Waals surface area contributed by atoms with Crippen LogP contribution in [0, 0.1) is 10.1 Å². The minimum Gasteiger partial charge on any atom is -0.433 e. The van der Waals surface area contributed by atoms with Crippen molar-refractivity contribution in [3.8, 4) is 11.6 Å². The van der Waals surface area contributed by atoms with Crippen molar-refractivity contribution in [3.05, 3.63) is 75.8 Å². The molecule has 31 heavy (non-hydrogen) atoms. The number of anilines is 1. The fraction of sp³-hybridized carbons (Fsp3) is 0.190. The molecule has 0 aliphatic carbocycles. The molecule has 0 atom stereocenters. The van der Waals surface area contributed by atoms with Crippen LogP contribution in [0.4, 0.5) is 11.5 Å². The molecule has 3 aromatic rings. The van der Waals surface area contributed by atoms with E-state index >= 15 is 0 Å². The molecule has 1 amide bonds. The molecule has 160 valence electrons. The van der Waals surface area contributed by atoms with Gasteiger partial charge in [0, 0.05) is 26.2 Å². The topological polar surface area (TPSA) is 110 Å². The molecular weight excluding hydrogens is 418 g/mol. The molecule has 10 heteroatoms. The van der Waals surface area contributed by atoms with Gasteiger partial charge in [-0.05, 0) is 30.0 Å². The summed E-state index contributed by atoms with van der Waals surface area (Å²) in [5.74, 6) is -0.0914. The number of benzene rings is 2. The van der Waals surface area contributed by atoms with E-state index in [-0.39, 0.29) is 29.0 Å². The van der Waals surface area contributed by atoms with Crippen molar-refractivity contribution in [2.24, 2.45) is 0 Å². The molecule has 1 N–H and O–H groups in total. The normalized spacial score (nSPS) is 10.4. The quantitative estimate of drug-likeness (QED) is 0.240. The van der Waals surface area contributed by atoms with E-state index in [1.165, 1.54) is 22.7 Å². The van der Waals surface area contributed by atoms with Crippen LogP contribution in [0.2, 0.25) is 0 Å². The van der Waals surface area contributed by atoms with Crippen molar-refractivity contribution in [2.75, 3.05) is 25.7 Å². The average molecular weight is 439 g/mol. The lowest BCUT2D eigenvalue weighted by molar-refractivity contribution is -0.385. The summed E-state index contributed by atoms with van der Waals surface area (Å²) < 4.78 is 5.76. The average Bonchev–Trinajstić information content (AvgIpc) is 2.77. The summed E-state index contributed by atoms with van der Waals surface area (Å²) in [5.41, 5.74) is 0.961. The van der Waals surface area contributed by atoms with Gasteiger partial charge in [0.05, 0.1) is 4.92 Å². The number of ether oxygens (including phenoxy) is 1. The van der Waals surface area contributed by atoms with E-state index in [1.807, 2.05) is 30.3 Å². The van der Waals surface area contributed by atoms with E-state index in [1.54, 1.807) is 38.6 Å². The van der Waals surface area contributed by atoms with Crippen molar-refractivity contribution in [3.63, 3.8) is 0 Å².